The van der Waals surface area contributed by atoms with E-state index in [-0.39, 0.29) is 0 Å². The molecule has 0 aromatic heterocycles. The van der Waals surface area contributed by atoms with E-state index in [1.54, 1.807) is 0 Å². The van der Waals surface area contributed by atoms with Crippen LogP contribution in [0, 0.1) is 46.3 Å². The maximum Gasteiger partial charge on any atom is 0.303 e. The van der Waals surface area contributed by atoms with Crippen LogP contribution in [0.1, 0.15) is 98.3 Å². The number of rotatable bonds is 4. The highest BCUT2D eigenvalue weighted by Crippen LogP contribution is 2.68. The summed E-state index contributed by atoms with van der Waals surface area (Å²) < 4.78 is 0. The van der Waals surface area contributed by atoms with Crippen molar-refractivity contribution in [3.05, 3.63) is 0 Å². The van der Waals surface area contributed by atoms with Gasteiger partial charge in [-0.1, -0.05) is 20.8 Å². The zero-order valence-corrected chi connectivity index (χ0v) is 18.5. The first kappa shape index (κ1) is 20.7. The molecule has 0 heterocycles. The van der Waals surface area contributed by atoms with E-state index in [2.05, 4.69) is 27.7 Å². The molecule has 0 aromatic carbocycles. The number of carboxylic acids is 1. The van der Waals surface area contributed by atoms with Crippen LogP contribution in [0.5, 0.6) is 0 Å². The first-order chi connectivity index (χ1) is 13.1. The largest absolute Gasteiger partial charge is 0.481 e. The van der Waals surface area contributed by atoms with Gasteiger partial charge in [0.2, 0.25) is 0 Å². The number of carboxylic acid groups (broad SMARTS) is 1. The Balaban J connectivity index is 1.51. The van der Waals surface area contributed by atoms with E-state index in [0.717, 1.165) is 37.0 Å². The van der Waals surface area contributed by atoms with Crippen LogP contribution < -0.4 is 0 Å². The Morgan fingerprint density at radius 3 is 2.39 bits per heavy atom. The highest BCUT2D eigenvalue weighted by Gasteiger charge is 2.61. The van der Waals surface area contributed by atoms with Crippen LogP contribution in [0.4, 0.5) is 0 Å². The maximum absolute atomic E-state index is 11.1. The molecule has 4 aliphatic rings. The van der Waals surface area contributed by atoms with E-state index in [4.69, 9.17) is 5.11 Å². The molecule has 0 aliphatic heterocycles. The zero-order valence-electron chi connectivity index (χ0n) is 18.5. The van der Waals surface area contributed by atoms with Gasteiger partial charge in [-0.15, -0.1) is 0 Å². The Kier molecular flexibility index (Phi) is 5.17. The van der Waals surface area contributed by atoms with Crippen LogP contribution in [0.15, 0.2) is 0 Å². The van der Waals surface area contributed by atoms with Crippen molar-refractivity contribution in [1.29, 1.82) is 0 Å². The fourth-order valence-electron chi connectivity index (χ4n) is 8.96. The third-order valence-electron chi connectivity index (χ3n) is 10.5. The summed E-state index contributed by atoms with van der Waals surface area (Å²) in [5.74, 6) is 3.83. The van der Waals surface area contributed by atoms with E-state index < -0.39 is 11.6 Å². The summed E-state index contributed by atoms with van der Waals surface area (Å²) in [4.78, 5) is 11.1. The summed E-state index contributed by atoms with van der Waals surface area (Å²) in [5.41, 5.74) is 0.403. The Morgan fingerprint density at radius 2 is 1.68 bits per heavy atom. The van der Waals surface area contributed by atoms with E-state index in [1.807, 2.05) is 0 Å². The summed E-state index contributed by atoms with van der Waals surface area (Å²) in [5, 5.41) is 19.8. The number of fused-ring (bicyclic) bond motifs is 5. The normalized spacial score (nSPS) is 51.7. The summed E-state index contributed by atoms with van der Waals surface area (Å²) >= 11 is 0. The molecule has 0 spiro atoms. The minimum absolute atomic E-state index is 0.324. The number of carbonyl (C=O) groups is 1. The molecule has 4 aliphatic carbocycles. The van der Waals surface area contributed by atoms with Crippen molar-refractivity contribution >= 4 is 5.97 Å². The molecule has 4 fully saturated rings. The first-order valence-corrected chi connectivity index (χ1v) is 12.0. The second kappa shape index (κ2) is 7.00. The second-order valence-corrected chi connectivity index (χ2v) is 12.0. The number of hydrogen-bond acceptors (Lipinski definition) is 2. The quantitative estimate of drug-likeness (QED) is 0.628. The van der Waals surface area contributed by atoms with Gasteiger partial charge >= 0.3 is 5.97 Å². The molecule has 3 nitrogen and oxygen atoms in total. The first-order valence-electron chi connectivity index (χ1n) is 12.0. The number of hydrogen-bond donors (Lipinski definition) is 2. The van der Waals surface area contributed by atoms with Crippen molar-refractivity contribution in [3.8, 4) is 0 Å². The predicted octanol–water partition coefficient (Wildman–Crippen LogP) is 5.90. The van der Waals surface area contributed by atoms with Gasteiger partial charge in [0, 0.05) is 6.42 Å². The summed E-state index contributed by atoms with van der Waals surface area (Å²) in [6, 6.07) is 0. The molecule has 4 rings (SSSR count). The minimum Gasteiger partial charge on any atom is -0.481 e. The molecule has 2 N–H and O–H groups in total. The topological polar surface area (TPSA) is 57.5 Å². The molecule has 9 atom stereocenters. The third-order valence-corrected chi connectivity index (χ3v) is 10.5. The third kappa shape index (κ3) is 3.24. The van der Waals surface area contributed by atoms with Crippen molar-refractivity contribution < 1.29 is 15.0 Å². The number of aliphatic carboxylic acids is 1. The molecule has 0 radical (unpaired) electrons. The molecule has 0 unspecified atom stereocenters. The highest BCUT2D eigenvalue weighted by molar-refractivity contribution is 5.66. The number of aliphatic hydroxyl groups is 1. The summed E-state index contributed by atoms with van der Waals surface area (Å²) in [6.07, 6.45) is 12.4. The highest BCUT2D eigenvalue weighted by atomic mass is 16.4. The van der Waals surface area contributed by atoms with Gasteiger partial charge in [0.05, 0.1) is 5.60 Å². The average molecular weight is 391 g/mol. The van der Waals surface area contributed by atoms with E-state index in [1.165, 1.54) is 44.9 Å². The zero-order chi connectivity index (χ0) is 20.3. The Bertz CT molecular complexity index is 613. The van der Waals surface area contributed by atoms with Crippen molar-refractivity contribution in [3.63, 3.8) is 0 Å². The Hall–Kier alpha value is -0.570. The lowest BCUT2D eigenvalue weighted by atomic mass is 9.43. The minimum atomic E-state index is -0.644. The van der Waals surface area contributed by atoms with Crippen molar-refractivity contribution in [2.45, 2.75) is 104 Å². The Morgan fingerprint density at radius 1 is 0.964 bits per heavy atom. The lowest BCUT2D eigenvalue weighted by Gasteiger charge is -2.62. The van der Waals surface area contributed by atoms with Gasteiger partial charge in [-0.25, -0.2) is 0 Å². The van der Waals surface area contributed by atoms with Gasteiger partial charge in [0.15, 0.2) is 0 Å². The summed E-state index contributed by atoms with van der Waals surface area (Å²) in [7, 11) is 0. The smallest absolute Gasteiger partial charge is 0.303 e. The molecule has 160 valence electrons. The molecule has 0 saturated heterocycles. The maximum atomic E-state index is 11.1. The Labute approximate surface area is 171 Å². The monoisotopic (exact) mass is 390 g/mol. The van der Waals surface area contributed by atoms with Gasteiger partial charge < -0.3 is 10.2 Å². The van der Waals surface area contributed by atoms with Gasteiger partial charge in [-0.3, -0.25) is 4.79 Å². The van der Waals surface area contributed by atoms with E-state index in [9.17, 15) is 9.90 Å². The predicted molar refractivity (Wildman–Crippen MR) is 112 cm³/mol. The van der Waals surface area contributed by atoms with Crippen LogP contribution in [0.25, 0.3) is 0 Å². The molecule has 3 heteroatoms. The van der Waals surface area contributed by atoms with E-state index in [0.29, 0.717) is 35.0 Å². The average Bonchev–Trinajstić information content (AvgIpc) is 2.97. The standard InChI is InChI=1S/C25H42O3/c1-16(5-10-22(26)27)19-8-9-20-18-7-6-17-15-23(2,28)13-14-24(17,3)21(18)11-12-25(19,20)4/h16-21,28H,5-15H2,1-4H3,(H,26,27)/t16-,17+,18+,19-,20+,21+,23+,24+,25-/m1/s1. The molecule has 0 amide bonds. The van der Waals surface area contributed by atoms with E-state index >= 15 is 0 Å². The van der Waals surface area contributed by atoms with Gasteiger partial charge in [0.1, 0.15) is 0 Å². The fraction of sp³-hybridized carbons (Fsp3) is 0.960. The molecular formula is C25H42O3. The SMILES string of the molecule is C[C@H](CCC(=O)O)[C@H]1CC[C@H]2[C@@H]3CC[C@H]4C[C@@](C)(O)CC[C@]4(C)[C@H]3CC[C@]12C. The van der Waals surface area contributed by atoms with Crippen molar-refractivity contribution in [1.82, 2.24) is 0 Å². The van der Waals surface area contributed by atoms with Gasteiger partial charge in [0.25, 0.3) is 0 Å². The summed E-state index contributed by atoms with van der Waals surface area (Å²) in [6.45, 7) is 9.49. The van der Waals surface area contributed by atoms with Crippen LogP contribution in [0.3, 0.4) is 0 Å². The molecule has 0 bridgehead atoms. The lowest BCUT2D eigenvalue weighted by Crippen LogP contribution is -2.55. The van der Waals surface area contributed by atoms with Gasteiger partial charge in [-0.2, -0.15) is 0 Å². The molecule has 0 aromatic rings. The van der Waals surface area contributed by atoms with Crippen LogP contribution in [0.2, 0.25) is 0 Å². The fourth-order valence-corrected chi connectivity index (χ4v) is 8.96. The van der Waals surface area contributed by atoms with Crippen molar-refractivity contribution in [2.75, 3.05) is 0 Å². The lowest BCUT2D eigenvalue weighted by molar-refractivity contribution is -0.148. The van der Waals surface area contributed by atoms with Crippen LogP contribution in [-0.2, 0) is 4.79 Å². The second-order valence-electron chi connectivity index (χ2n) is 12.0. The molecule has 4 saturated carbocycles. The molecule has 28 heavy (non-hydrogen) atoms. The van der Waals surface area contributed by atoms with Crippen LogP contribution >= 0.6 is 0 Å². The molecular weight excluding hydrogens is 348 g/mol. The van der Waals surface area contributed by atoms with Gasteiger partial charge in [-0.05, 0) is 117 Å². The van der Waals surface area contributed by atoms with Crippen LogP contribution in [-0.4, -0.2) is 21.8 Å². The van der Waals surface area contributed by atoms with Crippen molar-refractivity contribution in [2.24, 2.45) is 46.3 Å².